The van der Waals surface area contributed by atoms with Crippen molar-refractivity contribution < 1.29 is 0 Å². The van der Waals surface area contributed by atoms with Crippen molar-refractivity contribution in [3.63, 3.8) is 0 Å². The molecule has 0 spiro atoms. The minimum atomic E-state index is 0.551. The zero-order valence-electron chi connectivity index (χ0n) is 13.1. The second kappa shape index (κ2) is 8.30. The van der Waals surface area contributed by atoms with Gasteiger partial charge in [-0.3, -0.25) is 4.90 Å². The van der Waals surface area contributed by atoms with Crippen LogP contribution in [0, 0.1) is 6.92 Å². The maximum atomic E-state index is 3.49. The topological polar surface area (TPSA) is 15.3 Å². The quantitative estimate of drug-likeness (QED) is 0.787. The first-order valence-electron chi connectivity index (χ1n) is 6.94. The number of thiophene rings is 1. The summed E-state index contributed by atoms with van der Waals surface area (Å²) in [5.74, 6) is 1.20. The molecule has 1 aromatic heterocycles. The lowest BCUT2D eigenvalue weighted by molar-refractivity contribution is 0.269. The predicted molar refractivity (Wildman–Crippen MR) is 90.3 cm³/mol. The second-order valence-electron chi connectivity index (χ2n) is 5.55. The number of aryl methyl sites for hydroxylation is 1. The Bertz CT molecular complexity index is 374. The maximum absolute atomic E-state index is 3.49. The van der Waals surface area contributed by atoms with Gasteiger partial charge in [-0.15, -0.1) is 11.3 Å². The first-order valence-corrected chi connectivity index (χ1v) is 9.15. The highest BCUT2D eigenvalue weighted by molar-refractivity contribution is 7.98. The SMILES string of the molecule is CSCC(C)N(C)Cc1cc(CNC(C)C)sc1C. The molecule has 0 fully saturated rings. The summed E-state index contributed by atoms with van der Waals surface area (Å²) < 4.78 is 0. The molecule has 1 aromatic rings. The number of nitrogens with one attached hydrogen (secondary N) is 1. The molecule has 0 aliphatic rings. The van der Waals surface area contributed by atoms with E-state index >= 15 is 0 Å². The Balaban J connectivity index is 2.58. The Morgan fingerprint density at radius 2 is 2.05 bits per heavy atom. The van der Waals surface area contributed by atoms with E-state index in [1.807, 2.05) is 23.1 Å². The molecule has 1 rings (SSSR count). The molecule has 1 atom stereocenters. The number of rotatable bonds is 8. The van der Waals surface area contributed by atoms with Gasteiger partial charge in [0, 0.05) is 40.7 Å². The minimum Gasteiger partial charge on any atom is -0.310 e. The van der Waals surface area contributed by atoms with E-state index in [2.05, 4.69) is 57.3 Å². The standard InChI is InChI=1S/C15H28N2S2/c1-11(2)16-8-15-7-14(13(4)19-15)9-17(5)12(3)10-18-6/h7,11-12,16H,8-10H2,1-6H3. The van der Waals surface area contributed by atoms with Crippen LogP contribution in [0.5, 0.6) is 0 Å². The predicted octanol–water partition coefficient (Wildman–Crippen LogP) is 3.74. The number of hydrogen-bond acceptors (Lipinski definition) is 4. The fourth-order valence-corrected chi connectivity index (χ4v) is 3.67. The van der Waals surface area contributed by atoms with Gasteiger partial charge < -0.3 is 5.32 Å². The molecule has 0 aliphatic carbocycles. The van der Waals surface area contributed by atoms with Crippen molar-refractivity contribution in [3.8, 4) is 0 Å². The van der Waals surface area contributed by atoms with Gasteiger partial charge in [0.15, 0.2) is 0 Å². The molecule has 1 unspecified atom stereocenters. The largest absolute Gasteiger partial charge is 0.310 e. The molecule has 1 N–H and O–H groups in total. The van der Waals surface area contributed by atoms with Crippen LogP contribution in [0.25, 0.3) is 0 Å². The van der Waals surface area contributed by atoms with Gasteiger partial charge in [0.05, 0.1) is 0 Å². The van der Waals surface area contributed by atoms with Crippen LogP contribution in [0.1, 0.15) is 36.1 Å². The molecule has 2 nitrogen and oxygen atoms in total. The summed E-state index contributed by atoms with van der Waals surface area (Å²) >= 11 is 3.85. The van der Waals surface area contributed by atoms with Gasteiger partial charge in [-0.25, -0.2) is 0 Å². The van der Waals surface area contributed by atoms with E-state index in [1.54, 1.807) is 0 Å². The van der Waals surface area contributed by atoms with Crippen LogP contribution in [0.2, 0.25) is 0 Å². The molecule has 0 aliphatic heterocycles. The lowest BCUT2D eigenvalue weighted by Crippen LogP contribution is -2.30. The van der Waals surface area contributed by atoms with Gasteiger partial charge in [-0.05, 0) is 38.8 Å². The molecule has 0 saturated heterocycles. The highest BCUT2D eigenvalue weighted by Crippen LogP contribution is 2.23. The van der Waals surface area contributed by atoms with Gasteiger partial charge >= 0.3 is 0 Å². The smallest absolute Gasteiger partial charge is 0.0302 e. The van der Waals surface area contributed by atoms with E-state index in [0.717, 1.165) is 13.1 Å². The van der Waals surface area contributed by atoms with Crippen LogP contribution < -0.4 is 5.32 Å². The summed E-state index contributed by atoms with van der Waals surface area (Å²) in [4.78, 5) is 5.36. The average molecular weight is 301 g/mol. The fourth-order valence-electron chi connectivity index (χ4n) is 1.93. The van der Waals surface area contributed by atoms with Gasteiger partial charge in [0.1, 0.15) is 0 Å². The lowest BCUT2D eigenvalue weighted by atomic mass is 10.2. The van der Waals surface area contributed by atoms with Crippen LogP contribution in [0.4, 0.5) is 0 Å². The van der Waals surface area contributed by atoms with Crippen LogP contribution >= 0.6 is 23.1 Å². The van der Waals surface area contributed by atoms with E-state index < -0.39 is 0 Å². The van der Waals surface area contributed by atoms with Gasteiger partial charge in [-0.2, -0.15) is 11.8 Å². The molecule has 1 heterocycles. The average Bonchev–Trinajstić information content (AvgIpc) is 2.68. The van der Waals surface area contributed by atoms with Gasteiger partial charge in [-0.1, -0.05) is 13.8 Å². The summed E-state index contributed by atoms with van der Waals surface area (Å²) in [6.45, 7) is 11.0. The Hall–Kier alpha value is -0.0300. The van der Waals surface area contributed by atoms with E-state index in [0.29, 0.717) is 12.1 Å². The van der Waals surface area contributed by atoms with Crippen LogP contribution in [0.3, 0.4) is 0 Å². The third-order valence-corrected chi connectivity index (χ3v) is 5.24. The molecule has 0 saturated carbocycles. The summed E-state index contributed by atoms with van der Waals surface area (Å²) in [5, 5.41) is 3.49. The van der Waals surface area contributed by atoms with Gasteiger partial charge in [0.25, 0.3) is 0 Å². The Morgan fingerprint density at radius 1 is 1.37 bits per heavy atom. The fraction of sp³-hybridized carbons (Fsp3) is 0.733. The molecule has 0 bridgehead atoms. The van der Waals surface area contributed by atoms with E-state index in [1.165, 1.54) is 21.1 Å². The second-order valence-corrected chi connectivity index (χ2v) is 7.80. The molecule has 4 heteroatoms. The molecular weight excluding hydrogens is 272 g/mol. The van der Waals surface area contributed by atoms with Crippen molar-refractivity contribution in [2.75, 3.05) is 19.1 Å². The maximum Gasteiger partial charge on any atom is 0.0302 e. The molecule has 0 aromatic carbocycles. The Morgan fingerprint density at radius 3 is 2.63 bits per heavy atom. The Labute approximate surface area is 127 Å². The van der Waals surface area contributed by atoms with E-state index in [4.69, 9.17) is 0 Å². The first-order chi connectivity index (χ1) is 8.93. The number of thioether (sulfide) groups is 1. The molecular formula is C15H28N2S2. The first kappa shape index (κ1) is 17.0. The van der Waals surface area contributed by atoms with Gasteiger partial charge in [0.2, 0.25) is 0 Å². The highest BCUT2D eigenvalue weighted by atomic mass is 32.2. The molecule has 19 heavy (non-hydrogen) atoms. The monoisotopic (exact) mass is 300 g/mol. The molecule has 110 valence electrons. The number of hydrogen-bond donors (Lipinski definition) is 1. The summed E-state index contributed by atoms with van der Waals surface area (Å²) in [5.41, 5.74) is 1.49. The van der Waals surface area contributed by atoms with E-state index in [-0.39, 0.29) is 0 Å². The van der Waals surface area contributed by atoms with Crippen LogP contribution in [0.15, 0.2) is 6.07 Å². The van der Waals surface area contributed by atoms with Crippen molar-refractivity contribution >= 4 is 23.1 Å². The van der Waals surface area contributed by atoms with Crippen molar-refractivity contribution in [2.45, 2.75) is 52.9 Å². The summed E-state index contributed by atoms with van der Waals surface area (Å²) in [6.07, 6.45) is 2.18. The van der Waals surface area contributed by atoms with Crippen molar-refractivity contribution in [1.29, 1.82) is 0 Å². The lowest BCUT2D eigenvalue weighted by Gasteiger charge is -2.23. The number of nitrogens with zero attached hydrogens (tertiary/aromatic N) is 1. The van der Waals surface area contributed by atoms with Crippen LogP contribution in [-0.2, 0) is 13.1 Å². The summed E-state index contributed by atoms with van der Waals surface area (Å²) in [6, 6.07) is 3.55. The van der Waals surface area contributed by atoms with Crippen molar-refractivity contribution in [2.24, 2.45) is 0 Å². The normalized spacial score (nSPS) is 13.5. The van der Waals surface area contributed by atoms with Crippen LogP contribution in [-0.4, -0.2) is 36.0 Å². The Kier molecular flexibility index (Phi) is 7.44. The zero-order valence-corrected chi connectivity index (χ0v) is 14.8. The summed E-state index contributed by atoms with van der Waals surface area (Å²) in [7, 11) is 2.23. The van der Waals surface area contributed by atoms with Crippen molar-refractivity contribution in [3.05, 3.63) is 21.4 Å². The molecule has 0 radical (unpaired) electrons. The van der Waals surface area contributed by atoms with E-state index in [9.17, 15) is 0 Å². The minimum absolute atomic E-state index is 0.551. The molecule has 0 amide bonds. The third kappa shape index (κ3) is 5.86. The highest BCUT2D eigenvalue weighted by Gasteiger charge is 2.12. The zero-order chi connectivity index (χ0) is 14.4. The third-order valence-electron chi connectivity index (χ3n) is 3.34. The van der Waals surface area contributed by atoms with Crippen molar-refractivity contribution in [1.82, 2.24) is 10.2 Å².